The van der Waals surface area contributed by atoms with Gasteiger partial charge < -0.3 is 0 Å². The van der Waals surface area contributed by atoms with Crippen molar-refractivity contribution in [2.24, 2.45) is 0 Å². The molecule has 0 saturated heterocycles. The van der Waals surface area contributed by atoms with Crippen LogP contribution in [0.2, 0.25) is 5.02 Å². The van der Waals surface area contributed by atoms with Crippen molar-refractivity contribution in [2.75, 3.05) is 0 Å². The van der Waals surface area contributed by atoms with Crippen LogP contribution in [0.3, 0.4) is 0 Å². The lowest BCUT2D eigenvalue weighted by atomic mass is 10.2. The Balaban J connectivity index is 1.57. The maximum Gasteiger partial charge on any atom is 0.0660 e. The Hall–Kier alpha value is -2.85. The predicted octanol–water partition coefficient (Wildman–Crippen LogP) is 4.44. The van der Waals surface area contributed by atoms with Crippen LogP contribution < -0.4 is 0 Å². The summed E-state index contributed by atoms with van der Waals surface area (Å²) in [6.45, 7) is 0.753. The topological polar surface area (TPSA) is 35.6 Å². The van der Waals surface area contributed by atoms with E-state index in [2.05, 4.69) is 22.3 Å². The van der Waals surface area contributed by atoms with Crippen molar-refractivity contribution < 1.29 is 0 Å². The first-order valence-electron chi connectivity index (χ1n) is 7.65. The van der Waals surface area contributed by atoms with Crippen LogP contribution in [0.25, 0.3) is 16.8 Å². The van der Waals surface area contributed by atoms with Crippen molar-refractivity contribution in [2.45, 2.75) is 6.54 Å². The zero-order valence-electron chi connectivity index (χ0n) is 12.9. The van der Waals surface area contributed by atoms with Gasteiger partial charge in [-0.1, -0.05) is 48.0 Å². The van der Waals surface area contributed by atoms with Crippen molar-refractivity contribution in [1.29, 1.82) is 0 Å². The van der Waals surface area contributed by atoms with Gasteiger partial charge in [0, 0.05) is 28.5 Å². The van der Waals surface area contributed by atoms with E-state index in [1.807, 2.05) is 76.6 Å². The van der Waals surface area contributed by atoms with Crippen molar-refractivity contribution in [3.8, 4) is 16.8 Å². The second-order valence-electron chi connectivity index (χ2n) is 5.57. The first kappa shape index (κ1) is 14.7. The van der Waals surface area contributed by atoms with Crippen LogP contribution in [0.1, 0.15) is 5.56 Å². The van der Waals surface area contributed by atoms with Gasteiger partial charge in [-0.3, -0.25) is 4.68 Å². The van der Waals surface area contributed by atoms with Gasteiger partial charge in [-0.05, 0) is 23.8 Å². The lowest BCUT2D eigenvalue weighted by Crippen LogP contribution is -1.99. The Bertz CT molecular complexity index is 956. The van der Waals surface area contributed by atoms with E-state index in [0.29, 0.717) is 5.02 Å². The second-order valence-corrected chi connectivity index (χ2v) is 6.00. The number of nitrogens with zero attached hydrogens (tertiary/aromatic N) is 4. The van der Waals surface area contributed by atoms with Crippen LogP contribution in [-0.2, 0) is 6.54 Å². The Morgan fingerprint density at radius 1 is 0.833 bits per heavy atom. The molecule has 2 aromatic heterocycles. The fraction of sp³-hybridized carbons (Fsp3) is 0.0526. The van der Waals surface area contributed by atoms with Gasteiger partial charge in [0.15, 0.2) is 0 Å². The van der Waals surface area contributed by atoms with E-state index in [1.165, 1.54) is 5.56 Å². The first-order chi connectivity index (χ1) is 11.8. The minimum atomic E-state index is 0.695. The average molecular weight is 335 g/mol. The monoisotopic (exact) mass is 334 g/mol. The van der Waals surface area contributed by atoms with Gasteiger partial charge in [0.25, 0.3) is 0 Å². The molecule has 5 heteroatoms. The zero-order valence-corrected chi connectivity index (χ0v) is 13.6. The first-order valence-corrected chi connectivity index (χ1v) is 8.03. The number of aromatic nitrogens is 4. The van der Waals surface area contributed by atoms with Crippen LogP contribution in [0.4, 0.5) is 0 Å². The van der Waals surface area contributed by atoms with E-state index >= 15 is 0 Å². The Morgan fingerprint density at radius 3 is 2.46 bits per heavy atom. The smallest absolute Gasteiger partial charge is 0.0660 e. The molecule has 2 aromatic carbocycles. The Labute approximate surface area is 144 Å². The molecule has 2 heterocycles. The Morgan fingerprint density at radius 2 is 1.62 bits per heavy atom. The van der Waals surface area contributed by atoms with Crippen LogP contribution in [-0.4, -0.2) is 19.6 Å². The molecule has 0 saturated carbocycles. The molecule has 0 unspecified atom stereocenters. The quantitative estimate of drug-likeness (QED) is 0.553. The highest BCUT2D eigenvalue weighted by Crippen LogP contribution is 2.21. The van der Waals surface area contributed by atoms with Gasteiger partial charge in [-0.25, -0.2) is 4.68 Å². The minimum Gasteiger partial charge on any atom is -0.268 e. The molecular formula is C19H15ClN4. The molecule has 0 aliphatic rings. The molecule has 118 valence electrons. The van der Waals surface area contributed by atoms with Gasteiger partial charge in [-0.2, -0.15) is 10.2 Å². The molecule has 0 amide bonds. The number of rotatable bonds is 4. The number of hydrogen-bond donors (Lipinski definition) is 0. The molecule has 0 aliphatic carbocycles. The normalized spacial score (nSPS) is 10.9. The third-order valence-corrected chi connectivity index (χ3v) is 4.04. The molecule has 0 fully saturated rings. The van der Waals surface area contributed by atoms with E-state index in [0.717, 1.165) is 23.4 Å². The molecule has 4 rings (SSSR count). The fourth-order valence-corrected chi connectivity index (χ4v) is 2.79. The number of halogens is 1. The van der Waals surface area contributed by atoms with E-state index in [1.54, 1.807) is 0 Å². The standard InChI is InChI=1S/C19H15ClN4/c20-18-7-4-8-19(9-18)24-14-17(11-22-24)16-10-21-23(13-16)12-15-5-2-1-3-6-15/h1-11,13-14H,12H2. The summed E-state index contributed by atoms with van der Waals surface area (Å²) >= 11 is 6.04. The fourth-order valence-electron chi connectivity index (χ4n) is 2.60. The molecule has 0 atom stereocenters. The molecule has 4 nitrogen and oxygen atoms in total. The van der Waals surface area contributed by atoms with Crippen LogP contribution >= 0.6 is 11.6 Å². The van der Waals surface area contributed by atoms with Crippen LogP contribution in [0.15, 0.2) is 79.4 Å². The van der Waals surface area contributed by atoms with Crippen LogP contribution in [0.5, 0.6) is 0 Å². The third kappa shape index (κ3) is 3.09. The maximum absolute atomic E-state index is 6.04. The molecule has 0 aliphatic heterocycles. The summed E-state index contributed by atoms with van der Waals surface area (Å²) < 4.78 is 3.75. The van der Waals surface area contributed by atoms with Crippen LogP contribution in [0, 0.1) is 0 Å². The average Bonchev–Trinajstić information content (AvgIpc) is 3.25. The SMILES string of the molecule is Clc1cccc(-n2cc(-c3cnn(Cc4ccccc4)c3)cn2)c1. The number of hydrogen-bond acceptors (Lipinski definition) is 2. The van der Waals surface area contributed by atoms with Gasteiger partial charge in [0.2, 0.25) is 0 Å². The maximum atomic E-state index is 6.04. The van der Waals surface area contributed by atoms with Gasteiger partial charge in [-0.15, -0.1) is 0 Å². The summed E-state index contributed by atoms with van der Waals surface area (Å²) in [4.78, 5) is 0. The predicted molar refractivity (Wildman–Crippen MR) is 95.3 cm³/mol. The lowest BCUT2D eigenvalue weighted by molar-refractivity contribution is 0.687. The lowest BCUT2D eigenvalue weighted by Gasteiger charge is -2.01. The number of benzene rings is 2. The molecule has 0 radical (unpaired) electrons. The largest absolute Gasteiger partial charge is 0.268 e. The summed E-state index contributed by atoms with van der Waals surface area (Å²) in [7, 11) is 0. The van der Waals surface area contributed by atoms with Crippen molar-refractivity contribution in [1.82, 2.24) is 19.6 Å². The van der Waals surface area contributed by atoms with Crippen molar-refractivity contribution >= 4 is 11.6 Å². The molecule has 0 bridgehead atoms. The highest BCUT2D eigenvalue weighted by atomic mass is 35.5. The van der Waals surface area contributed by atoms with E-state index < -0.39 is 0 Å². The molecular weight excluding hydrogens is 320 g/mol. The van der Waals surface area contributed by atoms with Gasteiger partial charge >= 0.3 is 0 Å². The van der Waals surface area contributed by atoms with Gasteiger partial charge in [0.1, 0.15) is 0 Å². The summed E-state index contributed by atoms with van der Waals surface area (Å²) in [5, 5.41) is 9.56. The van der Waals surface area contributed by atoms with E-state index in [-0.39, 0.29) is 0 Å². The molecule has 0 N–H and O–H groups in total. The second kappa shape index (κ2) is 6.34. The highest BCUT2D eigenvalue weighted by molar-refractivity contribution is 6.30. The molecule has 24 heavy (non-hydrogen) atoms. The molecule has 0 spiro atoms. The minimum absolute atomic E-state index is 0.695. The zero-order chi connectivity index (χ0) is 16.4. The summed E-state index contributed by atoms with van der Waals surface area (Å²) in [5.74, 6) is 0. The third-order valence-electron chi connectivity index (χ3n) is 3.81. The summed E-state index contributed by atoms with van der Waals surface area (Å²) in [5.41, 5.74) is 4.22. The van der Waals surface area contributed by atoms with Crippen molar-refractivity contribution in [3.05, 3.63) is 90.0 Å². The van der Waals surface area contributed by atoms with E-state index in [4.69, 9.17) is 11.6 Å². The van der Waals surface area contributed by atoms with Gasteiger partial charge in [0.05, 0.1) is 24.6 Å². The Kier molecular flexibility index (Phi) is 3.89. The molecule has 4 aromatic rings. The summed E-state index contributed by atoms with van der Waals surface area (Å²) in [6, 6.07) is 17.9. The van der Waals surface area contributed by atoms with Crippen molar-refractivity contribution in [3.63, 3.8) is 0 Å². The summed E-state index contributed by atoms with van der Waals surface area (Å²) in [6.07, 6.45) is 7.72. The van der Waals surface area contributed by atoms with E-state index in [9.17, 15) is 0 Å². The highest BCUT2D eigenvalue weighted by Gasteiger charge is 2.07.